The largest absolute Gasteiger partial charge is 0.271 e. The topological polar surface area (TPSA) is 63.8 Å². The molecule has 0 radical (unpaired) electrons. The van der Waals surface area contributed by atoms with Gasteiger partial charge in [-0.1, -0.05) is 18.2 Å². The molecule has 4 nitrogen and oxygen atoms in total. The molecule has 2 heterocycles. The van der Waals surface area contributed by atoms with Crippen molar-refractivity contribution in [3.8, 4) is 0 Å². The van der Waals surface area contributed by atoms with Crippen molar-refractivity contribution in [2.75, 3.05) is 0 Å². The van der Waals surface area contributed by atoms with E-state index < -0.39 is 0 Å². The fraction of sp³-hybridized carbons (Fsp3) is 0.0769. The minimum absolute atomic E-state index is 0.0506. The number of hydrazine groups is 1. The summed E-state index contributed by atoms with van der Waals surface area (Å²) in [5.41, 5.74) is 6.75. The average Bonchev–Trinajstić information content (AvgIpc) is 2.94. The minimum Gasteiger partial charge on any atom is -0.271 e. The molecule has 1 unspecified atom stereocenters. The van der Waals surface area contributed by atoms with Crippen molar-refractivity contribution < 1.29 is 0 Å². The first-order valence-corrected chi connectivity index (χ1v) is 6.46. The predicted molar refractivity (Wildman–Crippen MR) is 73.0 cm³/mol. The third-order valence-corrected chi connectivity index (χ3v) is 3.73. The molecule has 0 aliphatic carbocycles. The fourth-order valence-corrected chi connectivity index (χ4v) is 2.77. The lowest BCUT2D eigenvalue weighted by atomic mass is 10.0. The predicted octanol–water partition coefficient (Wildman–Crippen LogP) is 2.24. The first-order chi connectivity index (χ1) is 8.90. The molecule has 18 heavy (non-hydrogen) atoms. The van der Waals surface area contributed by atoms with Crippen molar-refractivity contribution in [2.45, 2.75) is 6.04 Å². The summed E-state index contributed by atoms with van der Waals surface area (Å²) in [6.45, 7) is 0. The molecule has 90 valence electrons. The van der Waals surface area contributed by atoms with E-state index >= 15 is 0 Å². The van der Waals surface area contributed by atoms with Crippen molar-refractivity contribution in [2.24, 2.45) is 5.84 Å². The molecular formula is C13H12N4S. The van der Waals surface area contributed by atoms with Crippen molar-refractivity contribution in [1.29, 1.82) is 0 Å². The lowest BCUT2D eigenvalue weighted by Gasteiger charge is -2.16. The second-order valence-electron chi connectivity index (χ2n) is 3.92. The van der Waals surface area contributed by atoms with Gasteiger partial charge in [0, 0.05) is 22.7 Å². The second-order valence-corrected chi connectivity index (χ2v) is 4.84. The number of hydrogen-bond donors (Lipinski definition) is 2. The van der Waals surface area contributed by atoms with E-state index in [-0.39, 0.29) is 6.04 Å². The van der Waals surface area contributed by atoms with E-state index in [2.05, 4.69) is 27.5 Å². The highest BCUT2D eigenvalue weighted by molar-refractivity contribution is 7.09. The maximum atomic E-state index is 5.70. The van der Waals surface area contributed by atoms with Crippen LogP contribution in [0.2, 0.25) is 0 Å². The smallest absolute Gasteiger partial charge is 0.0825 e. The van der Waals surface area contributed by atoms with Crippen molar-refractivity contribution >= 4 is 22.2 Å². The lowest BCUT2D eigenvalue weighted by Crippen LogP contribution is -2.28. The monoisotopic (exact) mass is 256 g/mol. The van der Waals surface area contributed by atoms with Gasteiger partial charge in [-0.2, -0.15) is 0 Å². The Bertz CT molecular complexity index is 646. The standard InChI is InChI=1S/C13H12N4S/c14-17-13(12-7-15-8-18-12)10-3-1-5-11-9(10)4-2-6-16-11/h1-8,13,17H,14H2. The van der Waals surface area contributed by atoms with Crippen LogP contribution in [0.4, 0.5) is 0 Å². The van der Waals surface area contributed by atoms with Crippen molar-refractivity contribution in [3.05, 3.63) is 58.7 Å². The van der Waals surface area contributed by atoms with Crippen molar-refractivity contribution in [3.63, 3.8) is 0 Å². The van der Waals surface area contributed by atoms with E-state index in [0.717, 1.165) is 21.3 Å². The van der Waals surface area contributed by atoms with Crippen LogP contribution in [-0.2, 0) is 0 Å². The molecule has 0 spiro atoms. The number of benzene rings is 1. The lowest BCUT2D eigenvalue weighted by molar-refractivity contribution is 0.649. The molecule has 3 aromatic rings. The number of nitrogens with two attached hydrogens (primary N) is 1. The van der Waals surface area contributed by atoms with Gasteiger partial charge >= 0.3 is 0 Å². The molecule has 2 aromatic heterocycles. The molecule has 3 N–H and O–H groups in total. The van der Waals surface area contributed by atoms with Gasteiger partial charge in [0.2, 0.25) is 0 Å². The molecule has 5 heteroatoms. The Morgan fingerprint density at radius 1 is 1.22 bits per heavy atom. The Morgan fingerprint density at radius 2 is 2.17 bits per heavy atom. The van der Waals surface area contributed by atoms with Crippen LogP contribution >= 0.6 is 11.3 Å². The summed E-state index contributed by atoms with van der Waals surface area (Å²) in [6, 6.07) is 10.0. The summed E-state index contributed by atoms with van der Waals surface area (Å²) in [6.07, 6.45) is 3.63. The normalized spacial score (nSPS) is 12.7. The van der Waals surface area contributed by atoms with Gasteiger partial charge in [0.1, 0.15) is 0 Å². The van der Waals surface area contributed by atoms with E-state index in [1.54, 1.807) is 17.5 Å². The highest BCUT2D eigenvalue weighted by Crippen LogP contribution is 2.29. The van der Waals surface area contributed by atoms with Crippen molar-refractivity contribution in [1.82, 2.24) is 15.4 Å². The van der Waals surface area contributed by atoms with Gasteiger partial charge in [-0.3, -0.25) is 15.8 Å². The Labute approximate surface area is 108 Å². The zero-order valence-electron chi connectivity index (χ0n) is 9.58. The summed E-state index contributed by atoms with van der Waals surface area (Å²) in [4.78, 5) is 9.55. The number of aromatic nitrogens is 2. The van der Waals surface area contributed by atoms with E-state index in [0.29, 0.717) is 0 Å². The second kappa shape index (κ2) is 4.81. The van der Waals surface area contributed by atoms with E-state index in [4.69, 9.17) is 5.84 Å². The third kappa shape index (κ3) is 1.88. The summed E-state index contributed by atoms with van der Waals surface area (Å²) in [7, 11) is 0. The van der Waals surface area contributed by atoms with Crippen LogP contribution in [0.15, 0.2) is 48.2 Å². The SMILES string of the molecule is NNC(c1cncs1)c1cccc2ncccc12. The number of pyridine rings is 1. The zero-order valence-corrected chi connectivity index (χ0v) is 10.4. The maximum absolute atomic E-state index is 5.70. The van der Waals surface area contributed by atoms with Gasteiger partial charge in [0.25, 0.3) is 0 Å². The maximum Gasteiger partial charge on any atom is 0.0825 e. The van der Waals surface area contributed by atoms with Crippen LogP contribution in [0, 0.1) is 0 Å². The molecule has 0 saturated heterocycles. The van der Waals surface area contributed by atoms with E-state index in [1.165, 1.54) is 0 Å². The molecule has 0 bridgehead atoms. The van der Waals surface area contributed by atoms with Crippen LogP contribution in [-0.4, -0.2) is 9.97 Å². The number of nitrogens with one attached hydrogen (secondary N) is 1. The molecular weight excluding hydrogens is 244 g/mol. The van der Waals surface area contributed by atoms with Gasteiger partial charge in [-0.05, 0) is 17.7 Å². The summed E-state index contributed by atoms with van der Waals surface area (Å²) in [5.74, 6) is 5.70. The fourth-order valence-electron chi connectivity index (χ4n) is 2.07. The first kappa shape index (κ1) is 11.3. The summed E-state index contributed by atoms with van der Waals surface area (Å²) < 4.78 is 0. The zero-order chi connectivity index (χ0) is 12.4. The van der Waals surface area contributed by atoms with Gasteiger partial charge in [0.05, 0.1) is 17.1 Å². The van der Waals surface area contributed by atoms with Crippen LogP contribution in [0.5, 0.6) is 0 Å². The molecule has 0 fully saturated rings. The number of thiazole rings is 1. The molecule has 0 saturated carbocycles. The van der Waals surface area contributed by atoms with Gasteiger partial charge < -0.3 is 0 Å². The van der Waals surface area contributed by atoms with E-state index in [9.17, 15) is 0 Å². The summed E-state index contributed by atoms with van der Waals surface area (Å²) in [5, 5.41) is 1.11. The molecule has 1 aromatic carbocycles. The van der Waals surface area contributed by atoms with Gasteiger partial charge in [0.15, 0.2) is 0 Å². The van der Waals surface area contributed by atoms with Crippen LogP contribution < -0.4 is 11.3 Å². The highest BCUT2D eigenvalue weighted by atomic mass is 32.1. The number of hydrogen-bond acceptors (Lipinski definition) is 5. The molecule has 0 aliphatic heterocycles. The number of rotatable bonds is 3. The van der Waals surface area contributed by atoms with Gasteiger partial charge in [-0.25, -0.2) is 5.43 Å². The Hall–Kier alpha value is -1.82. The molecule has 0 amide bonds. The van der Waals surface area contributed by atoms with Crippen LogP contribution in [0.1, 0.15) is 16.5 Å². The Morgan fingerprint density at radius 3 is 2.94 bits per heavy atom. The first-order valence-electron chi connectivity index (χ1n) is 5.58. The molecule has 0 aliphatic rings. The summed E-state index contributed by atoms with van der Waals surface area (Å²) >= 11 is 1.58. The Balaban J connectivity index is 2.18. The molecule has 1 atom stereocenters. The minimum atomic E-state index is -0.0506. The quantitative estimate of drug-likeness (QED) is 0.557. The van der Waals surface area contributed by atoms with E-state index in [1.807, 2.05) is 29.9 Å². The van der Waals surface area contributed by atoms with Gasteiger partial charge in [-0.15, -0.1) is 11.3 Å². The molecule has 3 rings (SSSR count). The average molecular weight is 256 g/mol. The number of nitrogens with zero attached hydrogens (tertiary/aromatic N) is 2. The van der Waals surface area contributed by atoms with Crippen LogP contribution in [0.3, 0.4) is 0 Å². The third-order valence-electron chi connectivity index (χ3n) is 2.89. The highest BCUT2D eigenvalue weighted by Gasteiger charge is 2.16. The number of fused-ring (bicyclic) bond motifs is 1. The Kier molecular flexibility index (Phi) is 3.02. The van der Waals surface area contributed by atoms with Crippen LogP contribution in [0.25, 0.3) is 10.9 Å².